The molecule has 2 heterocycles. The van der Waals surface area contributed by atoms with E-state index in [0.717, 1.165) is 5.82 Å². The van der Waals surface area contributed by atoms with E-state index in [1.54, 1.807) is 12.1 Å². The van der Waals surface area contributed by atoms with Gasteiger partial charge in [0.2, 0.25) is 0 Å². The van der Waals surface area contributed by atoms with Gasteiger partial charge in [-0.2, -0.15) is 5.26 Å². The van der Waals surface area contributed by atoms with Crippen LogP contribution in [-0.2, 0) is 0 Å². The lowest BCUT2D eigenvalue weighted by molar-refractivity contribution is 0.136. The van der Waals surface area contributed by atoms with Gasteiger partial charge in [0.25, 0.3) is 0 Å². The van der Waals surface area contributed by atoms with Crippen LogP contribution in [-0.4, -0.2) is 46.8 Å². The summed E-state index contributed by atoms with van der Waals surface area (Å²) in [4.78, 5) is 18.6. The molecule has 0 aliphatic carbocycles. The third-order valence-electron chi connectivity index (χ3n) is 3.07. The molecule has 2 rings (SSSR count). The zero-order chi connectivity index (χ0) is 13.1. The van der Waals surface area contributed by atoms with Gasteiger partial charge in [0.15, 0.2) is 0 Å². The van der Waals surface area contributed by atoms with Crippen LogP contribution in [0.4, 0.5) is 10.6 Å². The second-order valence-electron chi connectivity index (χ2n) is 4.29. The molecule has 0 radical (unpaired) electrons. The molecule has 1 atom stereocenters. The van der Waals surface area contributed by atoms with Crippen molar-refractivity contribution in [1.82, 2.24) is 9.88 Å². The summed E-state index contributed by atoms with van der Waals surface area (Å²) in [5, 5.41) is 17.6. The smallest absolute Gasteiger partial charge is 0.407 e. The normalized spacial score (nSPS) is 19.4. The van der Waals surface area contributed by atoms with Crippen LogP contribution in [0.25, 0.3) is 0 Å². The Morgan fingerprint density at radius 2 is 2.33 bits per heavy atom. The van der Waals surface area contributed by atoms with Gasteiger partial charge >= 0.3 is 6.09 Å². The quantitative estimate of drug-likeness (QED) is 0.803. The number of nitriles is 1. The summed E-state index contributed by atoms with van der Waals surface area (Å²) in [5.41, 5.74) is 0.524. The Hall–Kier alpha value is -2.29. The van der Waals surface area contributed by atoms with Crippen LogP contribution in [0.3, 0.4) is 0 Å². The Bertz CT molecular complexity index is 480. The number of piperazine rings is 1. The number of carboxylic acid groups (broad SMARTS) is 1. The van der Waals surface area contributed by atoms with Gasteiger partial charge in [0.05, 0.1) is 5.56 Å². The van der Waals surface area contributed by atoms with Crippen molar-refractivity contribution in [2.45, 2.75) is 13.0 Å². The van der Waals surface area contributed by atoms with E-state index in [0.29, 0.717) is 25.2 Å². The highest BCUT2D eigenvalue weighted by Gasteiger charge is 2.27. The van der Waals surface area contributed by atoms with Gasteiger partial charge in [-0.1, -0.05) is 0 Å². The average molecular weight is 246 g/mol. The van der Waals surface area contributed by atoms with E-state index in [4.69, 9.17) is 10.4 Å². The number of aromatic nitrogens is 1. The maximum Gasteiger partial charge on any atom is 0.407 e. The lowest BCUT2D eigenvalue weighted by atomic mass is 10.2. The molecule has 1 fully saturated rings. The molecule has 1 aliphatic rings. The summed E-state index contributed by atoms with van der Waals surface area (Å²) >= 11 is 0. The minimum absolute atomic E-state index is 0.0790. The highest BCUT2D eigenvalue weighted by molar-refractivity contribution is 5.65. The fourth-order valence-electron chi connectivity index (χ4n) is 2.09. The first-order chi connectivity index (χ1) is 8.61. The minimum atomic E-state index is -0.880. The zero-order valence-electron chi connectivity index (χ0n) is 10.1. The molecule has 1 aromatic heterocycles. The van der Waals surface area contributed by atoms with Crippen LogP contribution in [0.1, 0.15) is 12.5 Å². The molecular formula is C12H14N4O2. The summed E-state index contributed by atoms with van der Waals surface area (Å²) in [5.74, 6) is 0.784. The zero-order valence-corrected chi connectivity index (χ0v) is 10.1. The first-order valence-electron chi connectivity index (χ1n) is 5.72. The van der Waals surface area contributed by atoms with E-state index in [9.17, 15) is 4.79 Å². The van der Waals surface area contributed by atoms with Crippen molar-refractivity contribution in [3.05, 3.63) is 23.9 Å². The third-order valence-corrected chi connectivity index (χ3v) is 3.07. The molecule has 6 heteroatoms. The Balaban J connectivity index is 2.10. The van der Waals surface area contributed by atoms with Crippen LogP contribution >= 0.6 is 0 Å². The van der Waals surface area contributed by atoms with Gasteiger partial charge in [0.1, 0.15) is 11.9 Å². The number of rotatable bonds is 1. The van der Waals surface area contributed by atoms with E-state index in [1.165, 1.54) is 11.1 Å². The Kier molecular flexibility index (Phi) is 3.33. The largest absolute Gasteiger partial charge is 0.465 e. The molecule has 94 valence electrons. The van der Waals surface area contributed by atoms with Crippen molar-refractivity contribution in [2.75, 3.05) is 24.5 Å². The molecule has 1 aliphatic heterocycles. The van der Waals surface area contributed by atoms with Crippen LogP contribution < -0.4 is 4.90 Å². The van der Waals surface area contributed by atoms with Gasteiger partial charge in [-0.25, -0.2) is 9.78 Å². The number of hydrogen-bond donors (Lipinski definition) is 1. The Morgan fingerprint density at radius 1 is 1.56 bits per heavy atom. The molecule has 0 bridgehead atoms. The fourth-order valence-corrected chi connectivity index (χ4v) is 2.09. The van der Waals surface area contributed by atoms with Crippen LogP contribution in [0.5, 0.6) is 0 Å². The number of anilines is 1. The van der Waals surface area contributed by atoms with Crippen molar-refractivity contribution in [3.8, 4) is 6.07 Å². The summed E-state index contributed by atoms with van der Waals surface area (Å²) in [7, 11) is 0. The molecular weight excluding hydrogens is 232 g/mol. The van der Waals surface area contributed by atoms with Crippen LogP contribution in [0, 0.1) is 11.3 Å². The number of hydrogen-bond acceptors (Lipinski definition) is 4. The molecule has 1 unspecified atom stereocenters. The van der Waals surface area contributed by atoms with Crippen molar-refractivity contribution in [3.63, 3.8) is 0 Å². The van der Waals surface area contributed by atoms with Crippen molar-refractivity contribution < 1.29 is 9.90 Å². The molecule has 18 heavy (non-hydrogen) atoms. The summed E-state index contributed by atoms with van der Waals surface area (Å²) in [6.07, 6.45) is 0.653. The maximum atomic E-state index is 10.9. The molecule has 1 aromatic rings. The van der Waals surface area contributed by atoms with Crippen LogP contribution in [0.15, 0.2) is 18.3 Å². The van der Waals surface area contributed by atoms with Crippen molar-refractivity contribution in [1.29, 1.82) is 5.26 Å². The minimum Gasteiger partial charge on any atom is -0.465 e. The summed E-state index contributed by atoms with van der Waals surface area (Å²) in [6.45, 7) is 3.53. The Labute approximate surface area is 105 Å². The first-order valence-corrected chi connectivity index (χ1v) is 5.72. The maximum absolute atomic E-state index is 10.9. The van der Waals surface area contributed by atoms with Crippen molar-refractivity contribution in [2.24, 2.45) is 0 Å². The standard InChI is InChI=1S/C12H14N4O2/c1-9-8-15(12(17)18)4-5-16(9)11-3-2-10(6-13)7-14-11/h2-3,7,9H,4-5,8H2,1H3,(H,17,18). The predicted molar refractivity (Wildman–Crippen MR) is 65.4 cm³/mol. The van der Waals surface area contributed by atoms with Gasteiger partial charge in [-0.15, -0.1) is 0 Å². The predicted octanol–water partition coefficient (Wildman–Crippen LogP) is 1.14. The monoisotopic (exact) mass is 246 g/mol. The molecule has 0 aromatic carbocycles. The SMILES string of the molecule is CC1CN(C(=O)O)CCN1c1ccc(C#N)cn1. The van der Waals surface area contributed by atoms with Gasteiger partial charge in [0, 0.05) is 31.9 Å². The Morgan fingerprint density at radius 3 is 2.83 bits per heavy atom. The summed E-state index contributed by atoms with van der Waals surface area (Å²) in [6, 6.07) is 5.62. The highest BCUT2D eigenvalue weighted by Crippen LogP contribution is 2.18. The number of amides is 1. The average Bonchev–Trinajstić information content (AvgIpc) is 2.38. The van der Waals surface area contributed by atoms with E-state index in [2.05, 4.69) is 9.88 Å². The van der Waals surface area contributed by atoms with Gasteiger partial charge in [-0.3, -0.25) is 0 Å². The second kappa shape index (κ2) is 4.92. The molecule has 0 spiro atoms. The van der Waals surface area contributed by atoms with Crippen molar-refractivity contribution >= 4 is 11.9 Å². The van der Waals surface area contributed by atoms with E-state index >= 15 is 0 Å². The van der Waals surface area contributed by atoms with Gasteiger partial charge in [-0.05, 0) is 19.1 Å². The van der Waals surface area contributed by atoms with Gasteiger partial charge < -0.3 is 14.9 Å². The third kappa shape index (κ3) is 2.35. The molecule has 1 saturated heterocycles. The van der Waals surface area contributed by atoms with Crippen LogP contribution in [0.2, 0.25) is 0 Å². The molecule has 6 nitrogen and oxygen atoms in total. The molecule has 0 saturated carbocycles. The number of nitrogens with zero attached hydrogens (tertiary/aromatic N) is 4. The number of pyridine rings is 1. The lowest BCUT2D eigenvalue weighted by Gasteiger charge is -2.39. The second-order valence-corrected chi connectivity index (χ2v) is 4.29. The van der Waals surface area contributed by atoms with E-state index in [1.807, 2.05) is 13.0 Å². The molecule has 1 N–H and O–H groups in total. The summed E-state index contributed by atoms with van der Waals surface area (Å²) < 4.78 is 0. The molecule has 1 amide bonds. The first kappa shape index (κ1) is 12.2. The lowest BCUT2D eigenvalue weighted by Crippen LogP contribution is -2.53. The number of carbonyl (C=O) groups is 1. The topological polar surface area (TPSA) is 80.5 Å². The van der Waals surface area contributed by atoms with E-state index < -0.39 is 6.09 Å². The van der Waals surface area contributed by atoms with E-state index in [-0.39, 0.29) is 6.04 Å². The fraction of sp³-hybridized carbons (Fsp3) is 0.417. The highest BCUT2D eigenvalue weighted by atomic mass is 16.4.